The molecule has 2 fully saturated rings. The Morgan fingerprint density at radius 3 is 2.90 bits per heavy atom. The van der Waals surface area contributed by atoms with Gasteiger partial charge in [0.2, 0.25) is 5.91 Å². The zero-order chi connectivity index (χ0) is 14.9. The monoisotopic (exact) mass is 291 g/mol. The highest BCUT2D eigenvalue weighted by atomic mass is 19.1. The van der Waals surface area contributed by atoms with Crippen LogP contribution in [0.2, 0.25) is 0 Å². The second-order valence-corrected chi connectivity index (χ2v) is 6.36. The maximum atomic E-state index is 13.4. The Morgan fingerprint density at radius 1 is 1.43 bits per heavy atom. The molecule has 1 aliphatic heterocycles. The van der Waals surface area contributed by atoms with Crippen molar-refractivity contribution in [2.45, 2.75) is 37.5 Å². The van der Waals surface area contributed by atoms with Crippen LogP contribution in [0.5, 0.6) is 0 Å². The molecule has 3 rings (SSSR count). The summed E-state index contributed by atoms with van der Waals surface area (Å²) in [7, 11) is 0. The molecule has 3 nitrogen and oxygen atoms in total. The Hall–Kier alpha value is -1.42. The van der Waals surface area contributed by atoms with Crippen molar-refractivity contribution in [1.82, 2.24) is 4.90 Å². The lowest BCUT2D eigenvalue weighted by Crippen LogP contribution is -2.37. The van der Waals surface area contributed by atoms with E-state index < -0.39 is 5.41 Å². The number of amides is 1. The third-order valence-electron chi connectivity index (χ3n) is 4.88. The molecule has 1 saturated heterocycles. The number of hydrogen-bond acceptors (Lipinski definition) is 2. The largest absolute Gasteiger partial charge is 0.396 e. The number of aliphatic hydroxyl groups is 1. The SMILES string of the molecule is O=C(N1CCC(CCCO)C1)C1(c2cccc(F)c2)CC1. The first-order valence-electron chi connectivity index (χ1n) is 7.82. The Balaban J connectivity index is 1.68. The van der Waals surface area contributed by atoms with Gasteiger partial charge in [0, 0.05) is 19.7 Å². The van der Waals surface area contributed by atoms with Crippen molar-refractivity contribution in [3.8, 4) is 0 Å². The van der Waals surface area contributed by atoms with Crippen molar-refractivity contribution >= 4 is 5.91 Å². The third kappa shape index (κ3) is 2.82. The summed E-state index contributed by atoms with van der Waals surface area (Å²) < 4.78 is 13.4. The predicted octanol–water partition coefficient (Wildman–Crippen LogP) is 2.48. The van der Waals surface area contributed by atoms with Gasteiger partial charge >= 0.3 is 0 Å². The first-order chi connectivity index (χ1) is 10.2. The van der Waals surface area contributed by atoms with Crippen molar-refractivity contribution in [3.05, 3.63) is 35.6 Å². The first-order valence-corrected chi connectivity index (χ1v) is 7.82. The minimum absolute atomic E-state index is 0.166. The number of benzene rings is 1. The molecule has 1 atom stereocenters. The van der Waals surface area contributed by atoms with Crippen LogP contribution >= 0.6 is 0 Å². The number of carbonyl (C=O) groups is 1. The predicted molar refractivity (Wildman–Crippen MR) is 78.3 cm³/mol. The van der Waals surface area contributed by atoms with E-state index in [1.165, 1.54) is 12.1 Å². The lowest BCUT2D eigenvalue weighted by atomic mass is 9.94. The van der Waals surface area contributed by atoms with Gasteiger partial charge in [0.05, 0.1) is 5.41 Å². The molecule has 1 unspecified atom stereocenters. The number of aliphatic hydroxyl groups excluding tert-OH is 1. The topological polar surface area (TPSA) is 40.5 Å². The van der Waals surface area contributed by atoms with E-state index in [1.807, 2.05) is 11.0 Å². The number of likely N-dealkylation sites (tertiary alicyclic amines) is 1. The highest BCUT2D eigenvalue weighted by Gasteiger charge is 2.53. The smallest absolute Gasteiger partial charge is 0.233 e. The minimum atomic E-state index is -0.464. The molecule has 4 heteroatoms. The zero-order valence-corrected chi connectivity index (χ0v) is 12.2. The van der Waals surface area contributed by atoms with Crippen LogP contribution in [0.15, 0.2) is 24.3 Å². The van der Waals surface area contributed by atoms with E-state index in [4.69, 9.17) is 5.11 Å². The quantitative estimate of drug-likeness (QED) is 0.905. The van der Waals surface area contributed by atoms with E-state index in [-0.39, 0.29) is 18.3 Å². The van der Waals surface area contributed by atoms with E-state index in [0.29, 0.717) is 5.92 Å². The third-order valence-corrected chi connectivity index (χ3v) is 4.88. The van der Waals surface area contributed by atoms with Crippen LogP contribution < -0.4 is 0 Å². The van der Waals surface area contributed by atoms with E-state index in [1.54, 1.807) is 6.07 Å². The second-order valence-electron chi connectivity index (χ2n) is 6.36. The van der Waals surface area contributed by atoms with Crippen LogP contribution in [0.3, 0.4) is 0 Å². The molecular formula is C17H22FNO2. The molecule has 1 aliphatic carbocycles. The standard InChI is InChI=1S/C17H22FNO2/c18-15-5-1-4-14(11-15)17(7-8-17)16(21)19-9-6-13(12-19)3-2-10-20/h1,4-5,11,13,20H,2-3,6-10,12H2. The Morgan fingerprint density at radius 2 is 2.24 bits per heavy atom. The summed E-state index contributed by atoms with van der Waals surface area (Å²) in [5.41, 5.74) is 0.361. The number of hydrogen-bond donors (Lipinski definition) is 1. The highest BCUT2D eigenvalue weighted by Crippen LogP contribution is 2.50. The number of rotatable bonds is 5. The number of halogens is 1. The van der Waals surface area contributed by atoms with Gasteiger partial charge in [-0.15, -0.1) is 0 Å². The Bertz CT molecular complexity index is 527. The maximum Gasteiger partial charge on any atom is 0.233 e. The molecule has 0 aromatic heterocycles. The van der Waals surface area contributed by atoms with Gasteiger partial charge in [-0.3, -0.25) is 4.79 Å². The first kappa shape index (κ1) is 14.5. The molecular weight excluding hydrogens is 269 g/mol. The van der Waals surface area contributed by atoms with Gasteiger partial charge in [0.1, 0.15) is 5.82 Å². The van der Waals surface area contributed by atoms with Crippen molar-refractivity contribution < 1.29 is 14.3 Å². The number of carbonyl (C=O) groups excluding carboxylic acids is 1. The molecule has 1 heterocycles. The average molecular weight is 291 g/mol. The summed E-state index contributed by atoms with van der Waals surface area (Å²) in [5, 5.41) is 8.90. The van der Waals surface area contributed by atoms with E-state index in [2.05, 4.69) is 0 Å². The van der Waals surface area contributed by atoms with Gasteiger partial charge in [-0.25, -0.2) is 4.39 Å². The average Bonchev–Trinajstić information content (AvgIpc) is 3.17. The molecule has 1 saturated carbocycles. The lowest BCUT2D eigenvalue weighted by molar-refractivity contribution is -0.133. The molecule has 1 aromatic rings. The molecule has 1 amide bonds. The fraction of sp³-hybridized carbons (Fsp3) is 0.588. The summed E-state index contributed by atoms with van der Waals surface area (Å²) in [6.07, 6.45) is 4.46. The molecule has 1 aromatic carbocycles. The Labute approximate surface area is 124 Å². The van der Waals surface area contributed by atoms with Crippen LogP contribution in [0, 0.1) is 11.7 Å². The van der Waals surface area contributed by atoms with Gasteiger partial charge in [0.15, 0.2) is 0 Å². The van der Waals surface area contributed by atoms with Crippen molar-refractivity contribution in [2.24, 2.45) is 5.92 Å². The second kappa shape index (κ2) is 5.76. The van der Waals surface area contributed by atoms with Gasteiger partial charge in [-0.2, -0.15) is 0 Å². The van der Waals surface area contributed by atoms with E-state index in [9.17, 15) is 9.18 Å². The van der Waals surface area contributed by atoms with Crippen LogP contribution in [-0.2, 0) is 10.2 Å². The van der Waals surface area contributed by atoms with Crippen LogP contribution in [0.1, 0.15) is 37.7 Å². The summed E-state index contributed by atoms with van der Waals surface area (Å²) in [5.74, 6) is 0.401. The molecule has 0 radical (unpaired) electrons. The molecule has 0 bridgehead atoms. The maximum absolute atomic E-state index is 13.4. The lowest BCUT2D eigenvalue weighted by Gasteiger charge is -2.23. The molecule has 21 heavy (non-hydrogen) atoms. The zero-order valence-electron chi connectivity index (χ0n) is 12.2. The molecule has 114 valence electrons. The highest BCUT2D eigenvalue weighted by molar-refractivity contribution is 5.91. The molecule has 1 N–H and O–H groups in total. The van der Waals surface area contributed by atoms with E-state index >= 15 is 0 Å². The molecule has 0 spiro atoms. The van der Waals surface area contributed by atoms with Crippen molar-refractivity contribution in [3.63, 3.8) is 0 Å². The van der Waals surface area contributed by atoms with Crippen molar-refractivity contribution in [2.75, 3.05) is 19.7 Å². The van der Waals surface area contributed by atoms with Gasteiger partial charge in [0.25, 0.3) is 0 Å². The fourth-order valence-corrected chi connectivity index (χ4v) is 3.47. The van der Waals surface area contributed by atoms with Gasteiger partial charge < -0.3 is 10.0 Å². The summed E-state index contributed by atoms with van der Waals surface area (Å²) >= 11 is 0. The Kier molecular flexibility index (Phi) is 3.98. The van der Waals surface area contributed by atoms with Crippen LogP contribution in [0.4, 0.5) is 4.39 Å². The van der Waals surface area contributed by atoms with Crippen molar-refractivity contribution in [1.29, 1.82) is 0 Å². The normalized spacial score (nSPS) is 23.3. The van der Waals surface area contributed by atoms with Gasteiger partial charge in [-0.05, 0) is 55.7 Å². The van der Waals surface area contributed by atoms with Crippen LogP contribution in [-0.4, -0.2) is 35.6 Å². The minimum Gasteiger partial charge on any atom is -0.396 e. The summed E-state index contributed by atoms with van der Waals surface area (Å²) in [4.78, 5) is 14.8. The fourth-order valence-electron chi connectivity index (χ4n) is 3.47. The van der Waals surface area contributed by atoms with Crippen LogP contribution in [0.25, 0.3) is 0 Å². The van der Waals surface area contributed by atoms with E-state index in [0.717, 1.165) is 50.8 Å². The van der Waals surface area contributed by atoms with Gasteiger partial charge in [-0.1, -0.05) is 12.1 Å². The summed E-state index contributed by atoms with van der Waals surface area (Å²) in [6.45, 7) is 1.81. The number of nitrogens with zero attached hydrogens (tertiary/aromatic N) is 1. The summed E-state index contributed by atoms with van der Waals surface area (Å²) in [6, 6.07) is 6.48. The molecule has 2 aliphatic rings.